The van der Waals surface area contributed by atoms with Crippen LogP contribution in [-0.2, 0) is 11.2 Å². The molecule has 0 radical (unpaired) electrons. The summed E-state index contributed by atoms with van der Waals surface area (Å²) in [5.74, 6) is 0.659. The zero-order chi connectivity index (χ0) is 13.0. The molecule has 2 aromatic rings. The van der Waals surface area contributed by atoms with Crippen LogP contribution in [0.25, 0.3) is 11.3 Å². The van der Waals surface area contributed by atoms with Gasteiger partial charge < -0.3 is 9.72 Å². The van der Waals surface area contributed by atoms with Crippen LogP contribution < -0.4 is 5.56 Å². The molecule has 0 aliphatic rings. The van der Waals surface area contributed by atoms with Crippen molar-refractivity contribution in [3.63, 3.8) is 0 Å². The summed E-state index contributed by atoms with van der Waals surface area (Å²) in [7, 11) is 1.63. The molecule has 0 spiro atoms. The number of aromatic nitrogens is 2. The van der Waals surface area contributed by atoms with Crippen molar-refractivity contribution in [3.8, 4) is 11.3 Å². The highest BCUT2D eigenvalue weighted by atomic mass is 16.5. The Morgan fingerprint density at radius 1 is 1.28 bits per heavy atom. The first-order chi connectivity index (χ1) is 8.72. The maximum absolute atomic E-state index is 11.9. The van der Waals surface area contributed by atoms with E-state index in [2.05, 4.69) is 9.97 Å². The Bertz CT molecular complexity index is 576. The molecule has 4 nitrogen and oxygen atoms in total. The first kappa shape index (κ1) is 12.5. The zero-order valence-corrected chi connectivity index (χ0v) is 10.6. The summed E-state index contributed by atoms with van der Waals surface area (Å²) >= 11 is 0. The number of methoxy groups -OCH3 is 1. The van der Waals surface area contributed by atoms with Gasteiger partial charge in [-0.25, -0.2) is 4.98 Å². The van der Waals surface area contributed by atoms with E-state index in [9.17, 15) is 4.79 Å². The van der Waals surface area contributed by atoms with Crippen LogP contribution in [0, 0.1) is 6.92 Å². The normalized spacial score (nSPS) is 10.6. The first-order valence-electron chi connectivity index (χ1n) is 5.86. The molecule has 4 heteroatoms. The summed E-state index contributed by atoms with van der Waals surface area (Å²) in [4.78, 5) is 19.1. The molecular formula is C14H16N2O2. The summed E-state index contributed by atoms with van der Waals surface area (Å²) in [6.07, 6.45) is 0.603. The van der Waals surface area contributed by atoms with E-state index in [0.717, 1.165) is 11.3 Å². The van der Waals surface area contributed by atoms with Crippen molar-refractivity contribution >= 4 is 0 Å². The SMILES string of the molecule is COCCc1nc(-c2ccccc2)c(C)c(=O)[nH]1. The van der Waals surface area contributed by atoms with E-state index in [4.69, 9.17) is 4.74 Å². The van der Waals surface area contributed by atoms with Crippen molar-refractivity contribution in [1.29, 1.82) is 0 Å². The van der Waals surface area contributed by atoms with Crippen molar-refractivity contribution in [3.05, 3.63) is 52.1 Å². The van der Waals surface area contributed by atoms with Crippen molar-refractivity contribution in [2.24, 2.45) is 0 Å². The molecule has 1 aromatic carbocycles. The smallest absolute Gasteiger partial charge is 0.254 e. The van der Waals surface area contributed by atoms with E-state index in [1.165, 1.54) is 0 Å². The second-order valence-electron chi connectivity index (χ2n) is 4.10. The number of hydrogen-bond donors (Lipinski definition) is 1. The van der Waals surface area contributed by atoms with Gasteiger partial charge >= 0.3 is 0 Å². The van der Waals surface area contributed by atoms with Gasteiger partial charge in [-0.2, -0.15) is 0 Å². The largest absolute Gasteiger partial charge is 0.384 e. The minimum Gasteiger partial charge on any atom is -0.384 e. The Morgan fingerprint density at radius 3 is 2.67 bits per heavy atom. The third-order valence-electron chi connectivity index (χ3n) is 2.79. The number of benzene rings is 1. The number of hydrogen-bond acceptors (Lipinski definition) is 3. The van der Waals surface area contributed by atoms with Gasteiger partial charge in [0.2, 0.25) is 0 Å². The predicted octanol–water partition coefficient (Wildman–Crippen LogP) is 1.93. The molecule has 2 rings (SSSR count). The Hall–Kier alpha value is -1.94. The van der Waals surface area contributed by atoms with Crippen LogP contribution in [0.15, 0.2) is 35.1 Å². The van der Waals surface area contributed by atoms with Crippen LogP contribution >= 0.6 is 0 Å². The van der Waals surface area contributed by atoms with Gasteiger partial charge in [-0.05, 0) is 6.92 Å². The highest BCUT2D eigenvalue weighted by Crippen LogP contribution is 2.18. The lowest BCUT2D eigenvalue weighted by Gasteiger charge is -2.07. The van der Waals surface area contributed by atoms with Gasteiger partial charge in [-0.3, -0.25) is 4.79 Å². The highest BCUT2D eigenvalue weighted by Gasteiger charge is 2.09. The van der Waals surface area contributed by atoms with E-state index in [0.29, 0.717) is 24.4 Å². The first-order valence-corrected chi connectivity index (χ1v) is 5.86. The predicted molar refractivity (Wildman–Crippen MR) is 70.6 cm³/mol. The van der Waals surface area contributed by atoms with Gasteiger partial charge in [0.15, 0.2) is 0 Å². The van der Waals surface area contributed by atoms with Gasteiger partial charge in [0.1, 0.15) is 5.82 Å². The number of H-pyrrole nitrogens is 1. The maximum Gasteiger partial charge on any atom is 0.254 e. The van der Waals surface area contributed by atoms with Crippen molar-refractivity contribution in [1.82, 2.24) is 9.97 Å². The van der Waals surface area contributed by atoms with Crippen LogP contribution in [0.2, 0.25) is 0 Å². The second-order valence-corrected chi connectivity index (χ2v) is 4.10. The van der Waals surface area contributed by atoms with E-state index in [1.54, 1.807) is 14.0 Å². The van der Waals surface area contributed by atoms with Crippen molar-refractivity contribution in [2.75, 3.05) is 13.7 Å². The lowest BCUT2D eigenvalue weighted by molar-refractivity contribution is 0.200. The minimum atomic E-state index is -0.0880. The third-order valence-corrected chi connectivity index (χ3v) is 2.79. The lowest BCUT2D eigenvalue weighted by Crippen LogP contribution is -2.17. The molecule has 0 fully saturated rings. The van der Waals surface area contributed by atoms with Gasteiger partial charge in [-0.15, -0.1) is 0 Å². The van der Waals surface area contributed by atoms with E-state index in [1.807, 2.05) is 30.3 Å². The molecule has 94 valence electrons. The molecule has 0 aliphatic carbocycles. The van der Waals surface area contributed by atoms with Crippen LogP contribution in [0.3, 0.4) is 0 Å². The fraction of sp³-hybridized carbons (Fsp3) is 0.286. The van der Waals surface area contributed by atoms with Gasteiger partial charge in [0.25, 0.3) is 5.56 Å². The summed E-state index contributed by atoms with van der Waals surface area (Å²) in [5.41, 5.74) is 2.25. The molecule has 0 bridgehead atoms. The summed E-state index contributed by atoms with van der Waals surface area (Å²) < 4.78 is 5.00. The molecule has 1 N–H and O–H groups in total. The van der Waals surface area contributed by atoms with Crippen LogP contribution in [0.1, 0.15) is 11.4 Å². The summed E-state index contributed by atoms with van der Waals surface area (Å²) in [6, 6.07) is 9.72. The molecule has 0 saturated carbocycles. The van der Waals surface area contributed by atoms with Gasteiger partial charge in [0, 0.05) is 24.7 Å². The van der Waals surface area contributed by atoms with E-state index in [-0.39, 0.29) is 5.56 Å². The van der Waals surface area contributed by atoms with Crippen molar-refractivity contribution < 1.29 is 4.74 Å². The number of ether oxygens (including phenoxy) is 1. The quantitative estimate of drug-likeness (QED) is 0.894. The van der Waals surface area contributed by atoms with Gasteiger partial charge in [-0.1, -0.05) is 30.3 Å². The van der Waals surface area contributed by atoms with Crippen molar-refractivity contribution in [2.45, 2.75) is 13.3 Å². The average Bonchev–Trinajstić information content (AvgIpc) is 2.41. The van der Waals surface area contributed by atoms with Crippen LogP contribution in [0.4, 0.5) is 0 Å². The van der Waals surface area contributed by atoms with E-state index >= 15 is 0 Å². The molecule has 0 amide bonds. The monoisotopic (exact) mass is 244 g/mol. The minimum absolute atomic E-state index is 0.0880. The van der Waals surface area contributed by atoms with Gasteiger partial charge in [0.05, 0.1) is 12.3 Å². The average molecular weight is 244 g/mol. The molecule has 18 heavy (non-hydrogen) atoms. The maximum atomic E-state index is 11.9. The van der Waals surface area contributed by atoms with Crippen LogP contribution in [-0.4, -0.2) is 23.7 Å². The number of rotatable bonds is 4. The summed E-state index contributed by atoms with van der Waals surface area (Å²) in [6.45, 7) is 2.33. The third kappa shape index (κ3) is 2.65. The number of nitrogens with zero attached hydrogens (tertiary/aromatic N) is 1. The topological polar surface area (TPSA) is 55.0 Å². The number of aromatic amines is 1. The molecule has 0 unspecified atom stereocenters. The highest BCUT2D eigenvalue weighted by molar-refractivity contribution is 5.62. The molecular weight excluding hydrogens is 228 g/mol. The molecule has 0 aliphatic heterocycles. The summed E-state index contributed by atoms with van der Waals surface area (Å²) in [5, 5.41) is 0. The molecule has 0 atom stereocenters. The molecule has 1 heterocycles. The second kappa shape index (κ2) is 5.60. The zero-order valence-electron chi connectivity index (χ0n) is 10.6. The van der Waals surface area contributed by atoms with Crippen LogP contribution in [0.5, 0.6) is 0 Å². The molecule has 0 saturated heterocycles. The Morgan fingerprint density at radius 2 is 2.00 bits per heavy atom. The standard InChI is InChI=1S/C14H16N2O2/c1-10-13(11-6-4-3-5-7-11)15-12(8-9-18-2)16-14(10)17/h3-7H,8-9H2,1-2H3,(H,15,16,17). The fourth-order valence-electron chi connectivity index (χ4n) is 1.77. The Balaban J connectivity index is 2.46. The fourth-order valence-corrected chi connectivity index (χ4v) is 1.77. The Labute approximate surface area is 106 Å². The molecule has 1 aromatic heterocycles. The van der Waals surface area contributed by atoms with E-state index < -0.39 is 0 Å². The Kier molecular flexibility index (Phi) is 3.89. The lowest BCUT2D eigenvalue weighted by atomic mass is 10.1. The number of nitrogens with one attached hydrogen (secondary N) is 1.